The number of aliphatic hydroxyl groups excluding tert-OH is 1. The van der Waals surface area contributed by atoms with E-state index >= 15 is 0 Å². The zero-order chi connectivity index (χ0) is 9.78. The lowest BCUT2D eigenvalue weighted by Crippen LogP contribution is -2.35. The van der Waals surface area contributed by atoms with E-state index in [1.807, 2.05) is 32.3 Å². The third-order valence-corrected chi connectivity index (χ3v) is 2.41. The second-order valence-electron chi connectivity index (χ2n) is 3.67. The van der Waals surface area contributed by atoms with Crippen molar-refractivity contribution in [3.63, 3.8) is 0 Å². The summed E-state index contributed by atoms with van der Waals surface area (Å²) in [6.07, 6.45) is 3.92. The van der Waals surface area contributed by atoms with Gasteiger partial charge in [-0.3, -0.25) is 0 Å². The minimum absolute atomic E-state index is 0.0889. The van der Waals surface area contributed by atoms with Crippen molar-refractivity contribution in [2.45, 2.75) is 6.04 Å². The van der Waals surface area contributed by atoms with Crippen molar-refractivity contribution < 1.29 is 9.63 Å². The van der Waals surface area contributed by atoms with Crippen LogP contribution in [-0.2, 0) is 4.52 Å². The summed E-state index contributed by atoms with van der Waals surface area (Å²) in [5.74, 6) is 0. The van der Waals surface area contributed by atoms with Gasteiger partial charge in [-0.2, -0.15) is 0 Å². The monoisotopic (exact) mass is 193 g/mol. The third-order valence-electron chi connectivity index (χ3n) is 1.56. The zero-order valence-corrected chi connectivity index (χ0v) is 9.34. The molecule has 0 heterocycles. The first-order valence-corrected chi connectivity index (χ1v) is 6.75. The van der Waals surface area contributed by atoms with Crippen LogP contribution in [0.5, 0.6) is 0 Å². The molecule has 0 saturated heterocycles. The Hall–Kier alpha value is 0.180. The fourth-order valence-electron chi connectivity index (χ4n) is 0.653. The Balaban J connectivity index is 3.81. The Bertz CT molecular complexity index is 164. The molecule has 0 aliphatic heterocycles. The fraction of sp³-hybridized carbons (Fsp3) is 0.875. The van der Waals surface area contributed by atoms with Gasteiger partial charge in [-0.15, -0.1) is 0 Å². The lowest BCUT2D eigenvalue weighted by molar-refractivity contribution is 0.124. The van der Waals surface area contributed by atoms with Crippen molar-refractivity contribution in [1.82, 2.24) is 4.90 Å². The molecule has 1 atom stereocenters. The van der Waals surface area contributed by atoms with Crippen LogP contribution in [0.2, 0.25) is 0 Å². The maximum Gasteiger partial charge on any atom is 0.0684 e. The van der Waals surface area contributed by atoms with Crippen molar-refractivity contribution in [3.05, 3.63) is 0 Å². The van der Waals surface area contributed by atoms with Gasteiger partial charge in [0.2, 0.25) is 0 Å². The highest BCUT2D eigenvalue weighted by Gasteiger charge is 2.11. The van der Waals surface area contributed by atoms with Crippen LogP contribution in [0.4, 0.5) is 0 Å². The van der Waals surface area contributed by atoms with E-state index in [1.54, 1.807) is 0 Å². The van der Waals surface area contributed by atoms with Gasteiger partial charge >= 0.3 is 0 Å². The summed E-state index contributed by atoms with van der Waals surface area (Å²) in [6, 6.07) is 0.0889. The van der Waals surface area contributed by atoms with Gasteiger partial charge < -0.3 is 14.5 Å². The van der Waals surface area contributed by atoms with E-state index in [0.29, 0.717) is 6.61 Å². The second kappa shape index (κ2) is 5.03. The molecule has 0 spiro atoms. The van der Waals surface area contributed by atoms with Gasteiger partial charge in [0.15, 0.2) is 0 Å². The minimum Gasteiger partial charge on any atom is -0.395 e. The number of aliphatic hydroxyl groups is 1. The van der Waals surface area contributed by atoms with E-state index in [0.717, 1.165) is 0 Å². The summed E-state index contributed by atoms with van der Waals surface area (Å²) in [6.45, 7) is 4.72. The van der Waals surface area contributed by atoms with Crippen molar-refractivity contribution in [2.24, 2.45) is 0 Å². The highest BCUT2D eigenvalue weighted by molar-refractivity contribution is 7.67. The predicted molar refractivity (Wildman–Crippen MR) is 56.4 cm³/mol. The van der Waals surface area contributed by atoms with Crippen LogP contribution in [0.15, 0.2) is 0 Å². The minimum atomic E-state index is -1.41. The molecule has 1 unspecified atom stereocenters. The molecule has 0 amide bonds. The Labute approximate surface area is 75.4 Å². The lowest BCUT2D eigenvalue weighted by Gasteiger charge is -2.24. The molecule has 0 aromatic carbocycles. The molecule has 0 rings (SSSR count). The van der Waals surface area contributed by atoms with E-state index in [-0.39, 0.29) is 12.6 Å². The first-order valence-electron chi connectivity index (χ1n) is 3.97. The molecular weight excluding hydrogens is 173 g/mol. The van der Waals surface area contributed by atoms with E-state index in [9.17, 15) is 0 Å². The summed E-state index contributed by atoms with van der Waals surface area (Å²) in [4.78, 5) is 1.95. The fourth-order valence-corrected chi connectivity index (χ4v) is 1.23. The smallest absolute Gasteiger partial charge is 0.0684 e. The standard InChI is InChI=1S/C8H20NO2P/c1-9(2)8(6-10)7-11-12(3,4)5/h8,10H,3,6-7H2,1-2,4-5H3. The van der Waals surface area contributed by atoms with Crippen LogP contribution < -0.4 is 0 Å². The van der Waals surface area contributed by atoms with Gasteiger partial charge in [0, 0.05) is 0 Å². The Morgan fingerprint density at radius 3 is 2.25 bits per heavy atom. The second-order valence-corrected chi connectivity index (χ2v) is 7.08. The molecule has 0 saturated carbocycles. The average Bonchev–Trinajstić information content (AvgIpc) is 1.85. The van der Waals surface area contributed by atoms with Crippen LogP contribution in [0.1, 0.15) is 0 Å². The molecule has 12 heavy (non-hydrogen) atoms. The largest absolute Gasteiger partial charge is 0.395 e. The first kappa shape index (κ1) is 12.2. The Morgan fingerprint density at radius 2 is 2.00 bits per heavy atom. The van der Waals surface area contributed by atoms with Crippen molar-refractivity contribution >= 4 is 13.4 Å². The average molecular weight is 193 g/mol. The quantitative estimate of drug-likeness (QED) is 0.647. The Kier molecular flexibility index (Phi) is 5.10. The van der Waals surface area contributed by atoms with Crippen molar-refractivity contribution in [1.29, 1.82) is 0 Å². The molecule has 4 heteroatoms. The van der Waals surface area contributed by atoms with Gasteiger partial charge in [0.05, 0.1) is 19.3 Å². The van der Waals surface area contributed by atoms with Gasteiger partial charge in [0.25, 0.3) is 0 Å². The molecular formula is C8H20NO2P. The number of hydrogen-bond donors (Lipinski definition) is 1. The first-order chi connectivity index (χ1) is 5.37. The molecule has 0 aromatic heterocycles. The summed E-state index contributed by atoms with van der Waals surface area (Å²) in [5.41, 5.74) is 0. The lowest BCUT2D eigenvalue weighted by atomic mass is 10.3. The molecule has 74 valence electrons. The van der Waals surface area contributed by atoms with Crippen LogP contribution in [0, 0.1) is 0 Å². The summed E-state index contributed by atoms with van der Waals surface area (Å²) >= 11 is 0. The summed E-state index contributed by atoms with van der Waals surface area (Å²) < 4.78 is 5.54. The maximum absolute atomic E-state index is 8.96. The molecule has 0 fully saturated rings. The highest BCUT2D eigenvalue weighted by atomic mass is 31.2. The van der Waals surface area contributed by atoms with Crippen LogP contribution in [0.3, 0.4) is 0 Å². The molecule has 0 aliphatic rings. The van der Waals surface area contributed by atoms with Crippen LogP contribution in [0.25, 0.3) is 0 Å². The topological polar surface area (TPSA) is 32.7 Å². The number of hydrogen-bond acceptors (Lipinski definition) is 3. The van der Waals surface area contributed by atoms with Crippen LogP contribution in [-0.4, -0.2) is 63.0 Å². The number of likely N-dealkylation sites (N-methyl/N-ethyl adjacent to an activating group) is 1. The van der Waals surface area contributed by atoms with Gasteiger partial charge in [-0.05, 0) is 34.5 Å². The van der Waals surface area contributed by atoms with Crippen LogP contribution >= 0.6 is 7.11 Å². The van der Waals surface area contributed by atoms with Crippen molar-refractivity contribution in [2.75, 3.05) is 40.6 Å². The molecule has 0 aliphatic carbocycles. The number of nitrogens with zero attached hydrogens (tertiary/aromatic N) is 1. The molecule has 0 aromatic rings. The normalized spacial score (nSPS) is 15.2. The van der Waals surface area contributed by atoms with Gasteiger partial charge in [-0.25, -0.2) is 0 Å². The van der Waals surface area contributed by atoms with E-state index < -0.39 is 7.11 Å². The Morgan fingerprint density at radius 1 is 1.50 bits per heavy atom. The molecule has 0 radical (unpaired) electrons. The van der Waals surface area contributed by atoms with E-state index in [1.165, 1.54) is 0 Å². The maximum atomic E-state index is 8.96. The summed E-state index contributed by atoms with van der Waals surface area (Å²) in [5, 5.41) is 8.96. The van der Waals surface area contributed by atoms with Gasteiger partial charge in [-0.1, -0.05) is 6.30 Å². The molecule has 1 N–H and O–H groups in total. The number of rotatable bonds is 5. The third kappa shape index (κ3) is 5.78. The summed E-state index contributed by atoms with van der Waals surface area (Å²) in [7, 11) is 2.45. The highest BCUT2D eigenvalue weighted by Crippen LogP contribution is 2.36. The predicted octanol–water partition coefficient (Wildman–Crippen LogP) is 0.550. The molecule has 0 bridgehead atoms. The SMILES string of the molecule is C=P(C)(C)OCC(CO)N(C)C. The van der Waals surface area contributed by atoms with Gasteiger partial charge in [0.1, 0.15) is 0 Å². The van der Waals surface area contributed by atoms with E-state index in [4.69, 9.17) is 9.63 Å². The molecule has 3 nitrogen and oxygen atoms in total. The van der Waals surface area contributed by atoms with E-state index in [2.05, 4.69) is 6.30 Å². The van der Waals surface area contributed by atoms with Crippen molar-refractivity contribution in [3.8, 4) is 0 Å². The zero-order valence-electron chi connectivity index (χ0n) is 8.45.